The van der Waals surface area contributed by atoms with Crippen molar-refractivity contribution in [2.75, 3.05) is 0 Å². The normalized spacial score (nSPS) is 10.9. The van der Waals surface area contributed by atoms with E-state index in [1.165, 1.54) is 5.39 Å². The first-order valence-corrected chi connectivity index (χ1v) is 6.59. The van der Waals surface area contributed by atoms with Gasteiger partial charge in [0.05, 0.1) is 14.3 Å². The summed E-state index contributed by atoms with van der Waals surface area (Å²) in [6.45, 7) is 0. The number of fused-ring (bicyclic) bond motifs is 1. The fourth-order valence-corrected chi connectivity index (χ4v) is 2.56. The van der Waals surface area contributed by atoms with Gasteiger partial charge >= 0.3 is 0 Å². The Morgan fingerprint density at radius 2 is 2.00 bits per heavy atom. The third-order valence-electron chi connectivity index (χ3n) is 2.63. The van der Waals surface area contributed by atoms with Crippen molar-refractivity contribution in [1.29, 1.82) is 0 Å². The molecule has 17 heavy (non-hydrogen) atoms. The summed E-state index contributed by atoms with van der Waals surface area (Å²) in [5.41, 5.74) is 3.01. The zero-order chi connectivity index (χ0) is 11.8. The monoisotopic (exact) mass is 354 g/mol. The highest BCUT2D eigenvalue weighted by Gasteiger charge is 2.10. The van der Waals surface area contributed by atoms with E-state index >= 15 is 0 Å². The van der Waals surface area contributed by atoms with E-state index in [4.69, 9.17) is 11.6 Å². The van der Waals surface area contributed by atoms with Gasteiger partial charge in [-0.15, -0.1) is 0 Å². The molecule has 2 aromatic heterocycles. The highest BCUT2D eigenvalue weighted by molar-refractivity contribution is 14.1. The van der Waals surface area contributed by atoms with Crippen molar-refractivity contribution in [2.45, 2.75) is 0 Å². The van der Waals surface area contributed by atoms with Gasteiger partial charge in [-0.3, -0.25) is 4.98 Å². The Bertz CT molecular complexity index is 658. The van der Waals surface area contributed by atoms with Crippen LogP contribution in [0.25, 0.3) is 22.3 Å². The number of H-pyrrole nitrogens is 1. The summed E-state index contributed by atoms with van der Waals surface area (Å²) in [5, 5.41) is 1.91. The maximum atomic E-state index is 6.10. The predicted molar refractivity (Wildman–Crippen MR) is 79.3 cm³/mol. The molecule has 0 amide bonds. The molecular formula is C13H8ClIN2. The average molecular weight is 355 g/mol. The standard InChI is InChI=1S/C13H8ClIN2/c14-9-5-6-16-13(12(9)15)11-7-8-3-1-2-4-10(8)17-11/h1-7,17H. The van der Waals surface area contributed by atoms with Gasteiger partial charge in [-0.05, 0) is 40.8 Å². The number of aromatic amines is 1. The quantitative estimate of drug-likeness (QED) is 0.641. The van der Waals surface area contributed by atoms with Gasteiger partial charge < -0.3 is 4.98 Å². The lowest BCUT2D eigenvalue weighted by molar-refractivity contribution is 1.27. The molecule has 0 aliphatic heterocycles. The van der Waals surface area contributed by atoms with Crippen molar-refractivity contribution in [3.05, 3.63) is 51.2 Å². The number of benzene rings is 1. The first-order valence-electron chi connectivity index (χ1n) is 5.14. The summed E-state index contributed by atoms with van der Waals surface area (Å²) in [6.07, 6.45) is 1.73. The van der Waals surface area contributed by atoms with Crippen LogP contribution in [0.15, 0.2) is 42.6 Å². The van der Waals surface area contributed by atoms with Gasteiger partial charge in [0.25, 0.3) is 0 Å². The first-order chi connectivity index (χ1) is 8.25. The third-order valence-corrected chi connectivity index (χ3v) is 4.35. The Morgan fingerprint density at radius 3 is 2.82 bits per heavy atom. The summed E-state index contributed by atoms with van der Waals surface area (Å²) < 4.78 is 0.971. The van der Waals surface area contributed by atoms with Gasteiger partial charge in [0.1, 0.15) is 5.69 Å². The fourth-order valence-electron chi connectivity index (χ4n) is 1.81. The zero-order valence-electron chi connectivity index (χ0n) is 8.74. The van der Waals surface area contributed by atoms with Gasteiger partial charge in [0.15, 0.2) is 0 Å². The Kier molecular flexibility index (Phi) is 2.80. The van der Waals surface area contributed by atoms with E-state index in [-0.39, 0.29) is 0 Å². The first kappa shape index (κ1) is 11.0. The molecule has 0 fully saturated rings. The van der Waals surface area contributed by atoms with E-state index < -0.39 is 0 Å². The third kappa shape index (κ3) is 1.93. The van der Waals surface area contributed by atoms with E-state index in [0.717, 1.165) is 25.5 Å². The number of halogens is 2. The molecule has 0 bridgehead atoms. The molecule has 0 spiro atoms. The highest BCUT2D eigenvalue weighted by atomic mass is 127. The Balaban J connectivity index is 2.24. The van der Waals surface area contributed by atoms with Crippen LogP contribution in [-0.4, -0.2) is 9.97 Å². The van der Waals surface area contributed by atoms with E-state index in [1.54, 1.807) is 12.3 Å². The van der Waals surface area contributed by atoms with E-state index in [2.05, 4.69) is 50.8 Å². The second-order valence-electron chi connectivity index (χ2n) is 3.73. The Morgan fingerprint density at radius 1 is 1.18 bits per heavy atom. The second kappa shape index (κ2) is 4.31. The van der Waals surface area contributed by atoms with E-state index in [1.807, 2.05) is 12.1 Å². The molecule has 0 aliphatic rings. The number of pyridine rings is 1. The molecule has 0 saturated heterocycles. The fraction of sp³-hybridized carbons (Fsp3) is 0. The minimum Gasteiger partial charge on any atom is -0.353 e. The van der Waals surface area contributed by atoms with Gasteiger partial charge in [0.2, 0.25) is 0 Å². The van der Waals surface area contributed by atoms with Crippen LogP contribution in [0.1, 0.15) is 0 Å². The van der Waals surface area contributed by atoms with E-state index in [0.29, 0.717) is 0 Å². The van der Waals surface area contributed by atoms with Crippen LogP contribution in [0.3, 0.4) is 0 Å². The summed E-state index contributed by atoms with van der Waals surface area (Å²) in [6, 6.07) is 12.1. The molecule has 0 radical (unpaired) electrons. The van der Waals surface area contributed by atoms with Crippen molar-refractivity contribution in [2.24, 2.45) is 0 Å². The molecule has 2 heterocycles. The SMILES string of the molecule is Clc1ccnc(-c2cc3ccccc3[nH]2)c1I. The molecule has 4 heteroatoms. The number of rotatable bonds is 1. The average Bonchev–Trinajstić information content (AvgIpc) is 2.76. The van der Waals surface area contributed by atoms with Crippen LogP contribution in [0.2, 0.25) is 5.02 Å². The van der Waals surface area contributed by atoms with Crippen molar-refractivity contribution >= 4 is 45.1 Å². The largest absolute Gasteiger partial charge is 0.353 e. The van der Waals surface area contributed by atoms with Crippen LogP contribution in [-0.2, 0) is 0 Å². The van der Waals surface area contributed by atoms with Gasteiger partial charge in [-0.2, -0.15) is 0 Å². The molecule has 0 saturated carbocycles. The number of nitrogens with zero attached hydrogens (tertiary/aromatic N) is 1. The molecule has 0 unspecified atom stereocenters. The van der Waals surface area contributed by atoms with Gasteiger partial charge in [-0.25, -0.2) is 0 Å². The maximum Gasteiger partial charge on any atom is 0.101 e. The minimum absolute atomic E-state index is 0.731. The zero-order valence-corrected chi connectivity index (χ0v) is 11.7. The summed E-state index contributed by atoms with van der Waals surface area (Å²) in [7, 11) is 0. The summed E-state index contributed by atoms with van der Waals surface area (Å²) in [4.78, 5) is 7.74. The molecule has 0 atom stereocenters. The van der Waals surface area contributed by atoms with Crippen LogP contribution >= 0.6 is 34.2 Å². The van der Waals surface area contributed by atoms with E-state index in [9.17, 15) is 0 Å². The molecule has 0 aliphatic carbocycles. The van der Waals surface area contributed by atoms with Gasteiger partial charge in [0, 0.05) is 17.1 Å². The van der Waals surface area contributed by atoms with Crippen LogP contribution in [0, 0.1) is 3.57 Å². The molecule has 84 valence electrons. The lowest BCUT2D eigenvalue weighted by Crippen LogP contribution is -1.88. The number of para-hydroxylation sites is 1. The lowest BCUT2D eigenvalue weighted by atomic mass is 10.2. The molecule has 2 nitrogen and oxygen atoms in total. The smallest absolute Gasteiger partial charge is 0.101 e. The van der Waals surface area contributed by atoms with Crippen molar-refractivity contribution in [3.63, 3.8) is 0 Å². The predicted octanol–water partition coefficient (Wildman–Crippen LogP) is 4.49. The Hall–Kier alpha value is -1.07. The lowest BCUT2D eigenvalue weighted by Gasteiger charge is -2.01. The molecular weight excluding hydrogens is 347 g/mol. The Labute approximate surface area is 117 Å². The maximum absolute atomic E-state index is 6.10. The number of nitrogens with one attached hydrogen (secondary N) is 1. The van der Waals surface area contributed by atoms with Crippen molar-refractivity contribution < 1.29 is 0 Å². The van der Waals surface area contributed by atoms with Crippen molar-refractivity contribution in [3.8, 4) is 11.4 Å². The molecule has 3 aromatic rings. The van der Waals surface area contributed by atoms with Crippen LogP contribution in [0.4, 0.5) is 0 Å². The van der Waals surface area contributed by atoms with Gasteiger partial charge in [-0.1, -0.05) is 29.8 Å². The summed E-state index contributed by atoms with van der Waals surface area (Å²) >= 11 is 8.32. The number of hydrogen-bond acceptors (Lipinski definition) is 1. The summed E-state index contributed by atoms with van der Waals surface area (Å²) in [5.74, 6) is 0. The molecule has 1 aromatic carbocycles. The molecule has 3 rings (SSSR count). The highest BCUT2D eigenvalue weighted by Crippen LogP contribution is 2.29. The number of aromatic nitrogens is 2. The van der Waals surface area contributed by atoms with Crippen molar-refractivity contribution in [1.82, 2.24) is 9.97 Å². The second-order valence-corrected chi connectivity index (χ2v) is 5.21. The molecule has 1 N–H and O–H groups in total. The number of hydrogen-bond donors (Lipinski definition) is 1. The minimum atomic E-state index is 0.731. The van der Waals surface area contributed by atoms with Crippen LogP contribution in [0.5, 0.6) is 0 Å². The topological polar surface area (TPSA) is 28.7 Å². The van der Waals surface area contributed by atoms with Crippen LogP contribution < -0.4 is 0 Å².